The van der Waals surface area contributed by atoms with Crippen LogP contribution in [0.15, 0.2) is 140 Å². The highest BCUT2D eigenvalue weighted by Gasteiger charge is 2.52. The Hall–Kier alpha value is -5.01. The fraction of sp³-hybridized carbons (Fsp3) is 0.260. The summed E-state index contributed by atoms with van der Waals surface area (Å²) < 4.78 is 0. The number of rotatable bonds is 3. The molecular weight excluding hydrogens is 615 g/mol. The van der Waals surface area contributed by atoms with E-state index in [4.69, 9.17) is 4.98 Å². The third-order valence-electron chi connectivity index (χ3n) is 13.5. The summed E-state index contributed by atoms with van der Waals surface area (Å²) in [4.78, 5) is 5.30. The fourth-order valence-electron chi connectivity index (χ4n) is 10.6. The molecule has 1 heterocycles. The molecule has 0 radical (unpaired) electrons. The molecule has 1 heteroatoms. The van der Waals surface area contributed by atoms with Gasteiger partial charge in [0.05, 0.1) is 11.4 Å². The van der Waals surface area contributed by atoms with E-state index in [2.05, 4.69) is 181 Å². The molecule has 0 saturated heterocycles. The Balaban J connectivity index is 0.970. The zero-order valence-corrected chi connectivity index (χ0v) is 30.5. The molecule has 1 aromatic heterocycles. The van der Waals surface area contributed by atoms with Crippen LogP contribution in [0.3, 0.4) is 0 Å². The van der Waals surface area contributed by atoms with Crippen molar-refractivity contribution in [2.75, 3.05) is 0 Å². The van der Waals surface area contributed by atoms with Gasteiger partial charge in [0.2, 0.25) is 0 Å². The van der Waals surface area contributed by atoms with Crippen molar-refractivity contribution >= 4 is 5.57 Å². The molecule has 5 aliphatic rings. The Morgan fingerprint density at radius 3 is 1.73 bits per heavy atom. The fourth-order valence-corrected chi connectivity index (χ4v) is 10.6. The Kier molecular flexibility index (Phi) is 6.35. The van der Waals surface area contributed by atoms with Gasteiger partial charge in [-0.25, -0.2) is 4.98 Å². The maximum atomic E-state index is 5.30. The van der Waals surface area contributed by atoms with Gasteiger partial charge in [-0.2, -0.15) is 0 Å². The number of benzene rings is 4. The molecule has 0 aliphatic heterocycles. The van der Waals surface area contributed by atoms with Gasteiger partial charge in [-0.1, -0.05) is 151 Å². The lowest BCUT2D eigenvalue weighted by molar-refractivity contribution is 0.239. The number of fused-ring (bicyclic) bond motifs is 9. The first-order valence-electron chi connectivity index (χ1n) is 18.8. The molecule has 4 atom stereocenters. The second kappa shape index (κ2) is 10.5. The molecule has 1 nitrogen and oxygen atoms in total. The van der Waals surface area contributed by atoms with Crippen LogP contribution in [-0.4, -0.2) is 4.98 Å². The molecule has 1 saturated carbocycles. The number of aromatic nitrogens is 1. The van der Waals surface area contributed by atoms with Crippen LogP contribution in [0.25, 0.3) is 50.2 Å². The van der Waals surface area contributed by atoms with E-state index in [-0.39, 0.29) is 16.2 Å². The minimum atomic E-state index is -0.127. The highest BCUT2D eigenvalue weighted by molar-refractivity contribution is 5.88. The Morgan fingerprint density at radius 2 is 1.02 bits per heavy atom. The van der Waals surface area contributed by atoms with Gasteiger partial charge in [0.15, 0.2) is 0 Å². The maximum Gasteiger partial charge on any atom is 0.0709 e. The molecule has 250 valence electrons. The Morgan fingerprint density at radius 1 is 0.471 bits per heavy atom. The van der Waals surface area contributed by atoms with E-state index < -0.39 is 0 Å². The summed E-state index contributed by atoms with van der Waals surface area (Å²) in [6.45, 7) is 14.4. The number of allylic oxidation sites excluding steroid dienone is 8. The first-order chi connectivity index (χ1) is 24.5. The molecule has 0 bridgehead atoms. The molecule has 0 amide bonds. The third kappa shape index (κ3) is 4.30. The van der Waals surface area contributed by atoms with Gasteiger partial charge in [0, 0.05) is 16.4 Å². The van der Waals surface area contributed by atoms with Crippen molar-refractivity contribution in [1.82, 2.24) is 4.98 Å². The molecule has 0 spiro atoms. The van der Waals surface area contributed by atoms with Crippen molar-refractivity contribution in [3.05, 3.63) is 168 Å². The summed E-state index contributed by atoms with van der Waals surface area (Å²) in [5.74, 6) is 2.20. The summed E-state index contributed by atoms with van der Waals surface area (Å²) in [6, 6.07) is 36.7. The maximum absolute atomic E-state index is 5.30. The highest BCUT2D eigenvalue weighted by atomic mass is 14.7. The van der Waals surface area contributed by atoms with Gasteiger partial charge in [-0.3, -0.25) is 0 Å². The van der Waals surface area contributed by atoms with Crippen molar-refractivity contribution in [3.8, 4) is 44.6 Å². The van der Waals surface area contributed by atoms with Gasteiger partial charge < -0.3 is 0 Å². The number of hydrogen-bond donors (Lipinski definition) is 0. The minimum Gasteiger partial charge on any atom is -0.248 e. The molecule has 51 heavy (non-hydrogen) atoms. The van der Waals surface area contributed by atoms with Crippen molar-refractivity contribution in [3.63, 3.8) is 0 Å². The average molecular weight is 660 g/mol. The lowest BCUT2D eigenvalue weighted by Crippen LogP contribution is -2.26. The van der Waals surface area contributed by atoms with E-state index in [1.54, 1.807) is 0 Å². The summed E-state index contributed by atoms with van der Waals surface area (Å²) >= 11 is 0. The highest BCUT2D eigenvalue weighted by Crippen LogP contribution is 2.59. The minimum absolute atomic E-state index is 0.0110. The summed E-state index contributed by atoms with van der Waals surface area (Å²) in [6.07, 6.45) is 16.7. The molecule has 5 aliphatic carbocycles. The van der Waals surface area contributed by atoms with Gasteiger partial charge in [-0.15, -0.1) is 0 Å². The van der Waals surface area contributed by atoms with Crippen LogP contribution < -0.4 is 0 Å². The number of nitrogens with zero attached hydrogens (tertiary/aromatic N) is 1. The van der Waals surface area contributed by atoms with E-state index in [9.17, 15) is 0 Å². The molecule has 1 fully saturated rings. The number of pyridine rings is 1. The summed E-state index contributed by atoms with van der Waals surface area (Å²) in [7, 11) is 0. The standard InChI is InChI=1S/C50H45N/c1-48(2)40-14-9-7-12-34(40)36-22-18-30(26-42(36)48)31-19-23-38-39-25-21-33(29-45(39)50(5,6)43(38)27-31)47-17-11-16-46(51-47)32-20-24-37-35-13-8-10-15-41(35)49(3,4)44(37)28-32/h7-29,35,37,41,44H,1-6H3. The third-order valence-corrected chi connectivity index (χ3v) is 13.5. The van der Waals surface area contributed by atoms with Crippen LogP contribution in [0, 0.1) is 29.1 Å². The van der Waals surface area contributed by atoms with Crippen molar-refractivity contribution in [1.29, 1.82) is 0 Å². The molecule has 4 unspecified atom stereocenters. The zero-order chi connectivity index (χ0) is 34.9. The van der Waals surface area contributed by atoms with E-state index in [0.29, 0.717) is 23.7 Å². The van der Waals surface area contributed by atoms with Gasteiger partial charge in [0.25, 0.3) is 0 Å². The lowest BCUT2D eigenvalue weighted by Gasteiger charge is -2.33. The second-order valence-electron chi connectivity index (χ2n) is 17.3. The normalized spacial score (nSPS) is 24.6. The van der Waals surface area contributed by atoms with Crippen LogP contribution in [0.1, 0.15) is 69.5 Å². The second-order valence-corrected chi connectivity index (χ2v) is 17.3. The first kappa shape index (κ1) is 30.8. The Bertz CT molecular complexity index is 2420. The van der Waals surface area contributed by atoms with Crippen molar-refractivity contribution in [2.45, 2.75) is 52.4 Å². The quantitative estimate of drug-likeness (QED) is 0.188. The van der Waals surface area contributed by atoms with Crippen LogP contribution in [0.2, 0.25) is 0 Å². The van der Waals surface area contributed by atoms with E-state index in [0.717, 1.165) is 11.4 Å². The molecule has 4 aromatic carbocycles. The van der Waals surface area contributed by atoms with E-state index in [1.807, 2.05) is 0 Å². The molecule has 5 aromatic rings. The van der Waals surface area contributed by atoms with Crippen LogP contribution in [0.5, 0.6) is 0 Å². The van der Waals surface area contributed by atoms with Gasteiger partial charge in [0.1, 0.15) is 0 Å². The molecule has 10 rings (SSSR count). The molecule has 0 N–H and O–H groups in total. The van der Waals surface area contributed by atoms with Crippen molar-refractivity contribution in [2.24, 2.45) is 29.1 Å². The van der Waals surface area contributed by atoms with Crippen LogP contribution >= 0.6 is 0 Å². The van der Waals surface area contributed by atoms with Crippen LogP contribution in [0.4, 0.5) is 0 Å². The monoisotopic (exact) mass is 659 g/mol. The van der Waals surface area contributed by atoms with Crippen LogP contribution in [-0.2, 0) is 10.8 Å². The largest absolute Gasteiger partial charge is 0.248 e. The summed E-state index contributed by atoms with van der Waals surface area (Å²) in [5, 5.41) is 0. The zero-order valence-electron chi connectivity index (χ0n) is 30.5. The molecular formula is C50H45N. The van der Waals surface area contributed by atoms with Gasteiger partial charge >= 0.3 is 0 Å². The SMILES string of the molecule is CC1(C)c2ccccc2-c2ccc(-c3ccc4c(c3)C(C)(C)c3cc(-c5cccc(C6=CC7C(C=C6)C6C=CC=CC6C7(C)C)n5)ccc3-4)cc21. The predicted octanol–water partition coefficient (Wildman–Crippen LogP) is 12.6. The smallest absolute Gasteiger partial charge is 0.0709 e. The average Bonchev–Trinajstić information content (AvgIpc) is 3.63. The number of hydrogen-bond acceptors (Lipinski definition) is 1. The van der Waals surface area contributed by atoms with Crippen molar-refractivity contribution < 1.29 is 0 Å². The van der Waals surface area contributed by atoms with Gasteiger partial charge in [-0.05, 0) is 121 Å². The Labute approximate surface area is 303 Å². The van der Waals surface area contributed by atoms with E-state index in [1.165, 1.54) is 66.8 Å². The van der Waals surface area contributed by atoms with E-state index >= 15 is 0 Å². The topological polar surface area (TPSA) is 12.9 Å². The lowest BCUT2D eigenvalue weighted by atomic mass is 9.71. The first-order valence-corrected chi connectivity index (χ1v) is 18.8. The predicted molar refractivity (Wildman–Crippen MR) is 213 cm³/mol. The summed E-state index contributed by atoms with van der Waals surface area (Å²) in [5.41, 5.74) is 18.2.